The first-order valence-corrected chi connectivity index (χ1v) is 5.86. The van der Waals surface area contributed by atoms with Crippen molar-refractivity contribution in [3.63, 3.8) is 0 Å². The maximum atomic E-state index is 12.0. The summed E-state index contributed by atoms with van der Waals surface area (Å²) >= 11 is 0. The summed E-state index contributed by atoms with van der Waals surface area (Å²) in [5.74, 6) is 0.612. The van der Waals surface area contributed by atoms with Crippen molar-refractivity contribution in [3.8, 4) is 0 Å². The molecule has 2 heterocycles. The van der Waals surface area contributed by atoms with Crippen LogP contribution in [0.25, 0.3) is 0 Å². The van der Waals surface area contributed by atoms with E-state index in [1.54, 1.807) is 4.90 Å². The Morgan fingerprint density at radius 1 is 1.56 bits per heavy atom. The van der Waals surface area contributed by atoms with E-state index in [-0.39, 0.29) is 11.2 Å². The van der Waals surface area contributed by atoms with Gasteiger partial charge < -0.3 is 16.0 Å². The van der Waals surface area contributed by atoms with Gasteiger partial charge in [0.05, 0.1) is 5.41 Å². The maximum Gasteiger partial charge on any atom is 0.314 e. The molecule has 0 aliphatic carbocycles. The summed E-state index contributed by atoms with van der Waals surface area (Å²) in [5.41, 5.74) is 4.94. The quantitative estimate of drug-likeness (QED) is 0.692. The molecule has 0 aromatic rings. The highest BCUT2D eigenvalue weighted by Gasteiger charge is 2.47. The van der Waals surface area contributed by atoms with E-state index in [9.17, 15) is 9.59 Å². The number of primary amides is 1. The van der Waals surface area contributed by atoms with Gasteiger partial charge in [-0.2, -0.15) is 0 Å². The van der Waals surface area contributed by atoms with E-state index in [1.807, 2.05) is 6.92 Å². The molecule has 5 nitrogen and oxygen atoms in total. The molecule has 0 aromatic heterocycles. The minimum atomic E-state index is -0.403. The minimum Gasteiger partial charge on any atom is -0.351 e. The van der Waals surface area contributed by atoms with E-state index < -0.39 is 6.03 Å². The molecule has 0 spiro atoms. The highest BCUT2D eigenvalue weighted by atomic mass is 16.2. The second-order valence-corrected chi connectivity index (χ2v) is 4.98. The summed E-state index contributed by atoms with van der Waals surface area (Å²) in [6.45, 7) is 4.60. The highest BCUT2D eigenvalue weighted by molar-refractivity contribution is 5.86. The Labute approximate surface area is 95.3 Å². The van der Waals surface area contributed by atoms with Gasteiger partial charge in [-0.15, -0.1) is 0 Å². The fourth-order valence-electron chi connectivity index (χ4n) is 3.05. The monoisotopic (exact) mass is 225 g/mol. The molecule has 2 unspecified atom stereocenters. The fraction of sp³-hybridized carbons (Fsp3) is 0.818. The van der Waals surface area contributed by atoms with Crippen LogP contribution in [0, 0.1) is 11.3 Å². The van der Waals surface area contributed by atoms with Crippen LogP contribution in [0.3, 0.4) is 0 Å². The van der Waals surface area contributed by atoms with E-state index >= 15 is 0 Å². The lowest BCUT2D eigenvalue weighted by Crippen LogP contribution is -2.62. The van der Waals surface area contributed by atoms with E-state index in [0.717, 1.165) is 13.0 Å². The number of nitrogens with zero attached hydrogens (tertiary/aromatic N) is 1. The minimum absolute atomic E-state index is 0.246. The summed E-state index contributed by atoms with van der Waals surface area (Å²) in [7, 11) is 0. The zero-order valence-corrected chi connectivity index (χ0v) is 9.66. The van der Waals surface area contributed by atoms with Crippen LogP contribution in [-0.2, 0) is 4.79 Å². The Morgan fingerprint density at radius 3 is 2.94 bits per heavy atom. The van der Waals surface area contributed by atoms with Crippen LogP contribution < -0.4 is 11.1 Å². The number of rotatable bonds is 2. The number of ketones is 1. The molecule has 90 valence electrons. The Morgan fingerprint density at radius 2 is 2.31 bits per heavy atom. The zero-order valence-electron chi connectivity index (χ0n) is 9.66. The summed E-state index contributed by atoms with van der Waals surface area (Å²) in [6, 6.07) is -0.403. The third-order valence-corrected chi connectivity index (χ3v) is 3.77. The van der Waals surface area contributed by atoms with Gasteiger partial charge in [0.15, 0.2) is 0 Å². The number of carbonyl (C=O) groups is 2. The molecule has 2 atom stereocenters. The molecule has 0 radical (unpaired) electrons. The number of likely N-dealkylation sites (tertiary alicyclic amines) is 1. The van der Waals surface area contributed by atoms with E-state index in [0.29, 0.717) is 32.0 Å². The Balaban J connectivity index is 2.22. The lowest BCUT2D eigenvalue weighted by atomic mass is 9.69. The molecule has 5 heteroatoms. The summed E-state index contributed by atoms with van der Waals surface area (Å²) in [6.07, 6.45) is 1.43. The second kappa shape index (κ2) is 4.05. The molecule has 2 aliphatic rings. The molecule has 2 bridgehead atoms. The molecule has 0 saturated carbocycles. The lowest BCUT2D eigenvalue weighted by Gasteiger charge is -2.48. The SMILES string of the molecule is CCC(=O)C12CNCC(CN(C(N)=O)C1)C2. The number of piperidine rings is 2. The van der Waals surface area contributed by atoms with Crippen LogP contribution in [0.2, 0.25) is 0 Å². The number of urea groups is 1. The molecule has 2 saturated heterocycles. The molecule has 2 amide bonds. The number of nitrogens with two attached hydrogens (primary N) is 1. The number of hydrogen-bond acceptors (Lipinski definition) is 3. The smallest absolute Gasteiger partial charge is 0.314 e. The Hall–Kier alpha value is -1.10. The van der Waals surface area contributed by atoms with Crippen LogP contribution >= 0.6 is 0 Å². The predicted octanol–water partition coefficient (Wildman–Crippen LogP) is -0.0443. The van der Waals surface area contributed by atoms with Crippen LogP contribution in [0.1, 0.15) is 19.8 Å². The number of carbonyl (C=O) groups excluding carboxylic acids is 2. The van der Waals surface area contributed by atoms with E-state index in [1.165, 1.54) is 0 Å². The van der Waals surface area contributed by atoms with Crippen molar-refractivity contribution in [1.29, 1.82) is 0 Å². The normalized spacial score (nSPS) is 33.6. The van der Waals surface area contributed by atoms with Crippen molar-refractivity contribution in [3.05, 3.63) is 0 Å². The molecule has 2 rings (SSSR count). The van der Waals surface area contributed by atoms with Crippen LogP contribution in [0.15, 0.2) is 0 Å². The molecule has 3 N–H and O–H groups in total. The number of nitrogens with one attached hydrogen (secondary N) is 1. The van der Waals surface area contributed by atoms with Gasteiger partial charge in [0.25, 0.3) is 0 Å². The molecule has 0 aromatic carbocycles. The van der Waals surface area contributed by atoms with Gasteiger partial charge in [-0.3, -0.25) is 4.79 Å². The van der Waals surface area contributed by atoms with Crippen molar-refractivity contribution in [2.45, 2.75) is 19.8 Å². The van der Waals surface area contributed by atoms with Crippen molar-refractivity contribution in [2.75, 3.05) is 26.2 Å². The van der Waals surface area contributed by atoms with Gasteiger partial charge >= 0.3 is 6.03 Å². The number of fused-ring (bicyclic) bond motifs is 2. The molecular formula is C11H19N3O2. The summed E-state index contributed by atoms with van der Waals surface area (Å²) in [5, 5.41) is 3.30. The van der Waals surface area contributed by atoms with Gasteiger partial charge in [-0.05, 0) is 18.9 Å². The highest BCUT2D eigenvalue weighted by Crippen LogP contribution is 2.37. The average molecular weight is 225 g/mol. The number of amides is 2. The van der Waals surface area contributed by atoms with Crippen molar-refractivity contribution < 1.29 is 9.59 Å². The predicted molar refractivity (Wildman–Crippen MR) is 59.9 cm³/mol. The van der Waals surface area contributed by atoms with Gasteiger partial charge in [0, 0.05) is 26.1 Å². The van der Waals surface area contributed by atoms with E-state index in [2.05, 4.69) is 5.32 Å². The van der Waals surface area contributed by atoms with Gasteiger partial charge in [-0.1, -0.05) is 6.92 Å². The Kier molecular flexibility index (Phi) is 2.88. The largest absolute Gasteiger partial charge is 0.351 e. The standard InChI is InChI=1S/C11H19N3O2/c1-2-9(15)11-3-8(4-13-6-11)5-14(7-11)10(12)16/h8,13H,2-7H2,1H3,(H2,12,16). The summed E-state index contributed by atoms with van der Waals surface area (Å²) in [4.78, 5) is 24.9. The van der Waals surface area contributed by atoms with E-state index in [4.69, 9.17) is 5.73 Å². The zero-order chi connectivity index (χ0) is 11.8. The van der Waals surface area contributed by atoms with Crippen LogP contribution in [0.4, 0.5) is 4.79 Å². The second-order valence-electron chi connectivity index (χ2n) is 4.98. The van der Waals surface area contributed by atoms with Gasteiger partial charge in [0.1, 0.15) is 5.78 Å². The molecule has 2 fully saturated rings. The topological polar surface area (TPSA) is 75.4 Å². The number of hydrogen-bond donors (Lipinski definition) is 2. The number of Topliss-reactive ketones (excluding diaryl/α,β-unsaturated/α-hetero) is 1. The average Bonchev–Trinajstić information content (AvgIpc) is 2.27. The fourth-order valence-corrected chi connectivity index (χ4v) is 3.05. The first-order chi connectivity index (χ1) is 7.57. The molecular weight excluding hydrogens is 206 g/mol. The summed E-state index contributed by atoms with van der Waals surface area (Å²) < 4.78 is 0. The molecule has 16 heavy (non-hydrogen) atoms. The maximum absolute atomic E-state index is 12.0. The first kappa shape index (κ1) is 11.4. The molecule has 2 aliphatic heterocycles. The van der Waals surface area contributed by atoms with Crippen molar-refractivity contribution in [1.82, 2.24) is 10.2 Å². The lowest BCUT2D eigenvalue weighted by molar-refractivity contribution is -0.133. The van der Waals surface area contributed by atoms with Crippen LogP contribution in [0.5, 0.6) is 0 Å². The first-order valence-electron chi connectivity index (χ1n) is 5.86. The Bertz CT molecular complexity index is 318. The third-order valence-electron chi connectivity index (χ3n) is 3.77. The van der Waals surface area contributed by atoms with Crippen LogP contribution in [-0.4, -0.2) is 42.9 Å². The van der Waals surface area contributed by atoms with Gasteiger partial charge in [-0.25, -0.2) is 4.79 Å². The van der Waals surface area contributed by atoms with Crippen molar-refractivity contribution in [2.24, 2.45) is 17.1 Å². The van der Waals surface area contributed by atoms with Crippen molar-refractivity contribution >= 4 is 11.8 Å². The third kappa shape index (κ3) is 1.80. The van der Waals surface area contributed by atoms with Gasteiger partial charge in [0.2, 0.25) is 0 Å².